The fourth-order valence-corrected chi connectivity index (χ4v) is 1.70. The summed E-state index contributed by atoms with van der Waals surface area (Å²) in [6.07, 6.45) is 0. The first kappa shape index (κ1) is 13.9. The van der Waals surface area contributed by atoms with E-state index in [0.29, 0.717) is 12.1 Å². The molecule has 1 N–H and O–H groups in total. The second-order valence-corrected chi connectivity index (χ2v) is 4.80. The van der Waals surface area contributed by atoms with Crippen molar-refractivity contribution < 1.29 is 0 Å². The van der Waals surface area contributed by atoms with E-state index in [2.05, 4.69) is 55.0 Å². The van der Waals surface area contributed by atoms with Gasteiger partial charge in [0.25, 0.3) is 0 Å². The zero-order chi connectivity index (χ0) is 12.8. The molecule has 96 valence electrons. The Kier molecular flexibility index (Phi) is 5.35. The van der Waals surface area contributed by atoms with Gasteiger partial charge in [0.15, 0.2) is 5.82 Å². The van der Waals surface area contributed by atoms with Crippen molar-refractivity contribution >= 4 is 5.82 Å². The van der Waals surface area contributed by atoms with Crippen LogP contribution in [-0.2, 0) is 6.54 Å². The number of aromatic nitrogens is 2. The summed E-state index contributed by atoms with van der Waals surface area (Å²) in [6.45, 7) is 12.4. The molecule has 1 aromatic rings. The summed E-state index contributed by atoms with van der Waals surface area (Å²) in [7, 11) is 0. The topological polar surface area (TPSA) is 41.0 Å². The summed E-state index contributed by atoms with van der Waals surface area (Å²) in [5, 5.41) is 11.9. The van der Waals surface area contributed by atoms with Gasteiger partial charge in [0.2, 0.25) is 0 Å². The number of anilines is 1. The lowest BCUT2D eigenvalue weighted by Crippen LogP contribution is -2.31. The molecule has 17 heavy (non-hydrogen) atoms. The lowest BCUT2D eigenvalue weighted by Gasteiger charge is -2.25. The average Bonchev–Trinajstić information content (AvgIpc) is 2.28. The highest BCUT2D eigenvalue weighted by Gasteiger charge is 2.09. The van der Waals surface area contributed by atoms with Crippen LogP contribution >= 0.6 is 0 Å². The van der Waals surface area contributed by atoms with Crippen LogP contribution in [0.4, 0.5) is 5.82 Å². The van der Waals surface area contributed by atoms with E-state index in [9.17, 15) is 0 Å². The molecule has 0 amide bonds. The van der Waals surface area contributed by atoms with Crippen LogP contribution in [0, 0.1) is 0 Å². The molecular weight excluding hydrogens is 212 g/mol. The van der Waals surface area contributed by atoms with E-state index < -0.39 is 0 Å². The van der Waals surface area contributed by atoms with Crippen molar-refractivity contribution in [2.45, 2.75) is 53.2 Å². The van der Waals surface area contributed by atoms with Crippen molar-refractivity contribution in [1.29, 1.82) is 0 Å². The van der Waals surface area contributed by atoms with Gasteiger partial charge in [-0.1, -0.05) is 13.8 Å². The Bertz CT molecular complexity index is 319. The summed E-state index contributed by atoms with van der Waals surface area (Å²) in [5.74, 6) is 0.954. The van der Waals surface area contributed by atoms with Crippen LogP contribution in [0.25, 0.3) is 0 Å². The molecule has 0 saturated carbocycles. The first-order valence-corrected chi connectivity index (χ1v) is 6.37. The SMILES string of the molecule is CCN(c1ccc(CNC(C)C)nn1)C(C)C. The van der Waals surface area contributed by atoms with Crippen LogP contribution in [-0.4, -0.2) is 28.8 Å². The summed E-state index contributed by atoms with van der Waals surface area (Å²) < 4.78 is 0. The Balaban J connectivity index is 2.66. The minimum Gasteiger partial charge on any atom is -0.353 e. The van der Waals surface area contributed by atoms with Crippen molar-refractivity contribution in [2.75, 3.05) is 11.4 Å². The van der Waals surface area contributed by atoms with Gasteiger partial charge in [-0.05, 0) is 32.9 Å². The maximum absolute atomic E-state index is 4.28. The third kappa shape index (κ3) is 4.30. The second-order valence-electron chi connectivity index (χ2n) is 4.80. The van der Waals surface area contributed by atoms with E-state index in [1.54, 1.807) is 0 Å². The lowest BCUT2D eigenvalue weighted by atomic mass is 10.3. The van der Waals surface area contributed by atoms with Crippen LogP contribution < -0.4 is 10.2 Å². The third-order valence-electron chi connectivity index (χ3n) is 2.66. The fraction of sp³-hybridized carbons (Fsp3) is 0.692. The zero-order valence-electron chi connectivity index (χ0n) is 11.6. The fourth-order valence-electron chi connectivity index (χ4n) is 1.70. The maximum atomic E-state index is 4.28. The predicted molar refractivity (Wildman–Crippen MR) is 72.2 cm³/mol. The lowest BCUT2D eigenvalue weighted by molar-refractivity contribution is 0.576. The van der Waals surface area contributed by atoms with Gasteiger partial charge in [-0.3, -0.25) is 0 Å². The van der Waals surface area contributed by atoms with Gasteiger partial charge >= 0.3 is 0 Å². The van der Waals surface area contributed by atoms with E-state index in [1.165, 1.54) is 0 Å². The van der Waals surface area contributed by atoms with Crippen molar-refractivity contribution in [3.05, 3.63) is 17.8 Å². The molecule has 1 heterocycles. The van der Waals surface area contributed by atoms with E-state index in [1.807, 2.05) is 12.1 Å². The Hall–Kier alpha value is -1.16. The Morgan fingerprint density at radius 1 is 1.18 bits per heavy atom. The molecule has 0 aromatic carbocycles. The quantitative estimate of drug-likeness (QED) is 0.822. The van der Waals surface area contributed by atoms with Crippen molar-refractivity contribution in [2.24, 2.45) is 0 Å². The Morgan fingerprint density at radius 3 is 2.29 bits per heavy atom. The largest absolute Gasteiger partial charge is 0.353 e. The van der Waals surface area contributed by atoms with E-state index in [0.717, 1.165) is 24.6 Å². The van der Waals surface area contributed by atoms with Crippen LogP contribution in [0.2, 0.25) is 0 Å². The molecule has 1 rings (SSSR count). The van der Waals surface area contributed by atoms with Crippen LogP contribution in [0.15, 0.2) is 12.1 Å². The van der Waals surface area contributed by atoms with Gasteiger partial charge in [0.05, 0.1) is 5.69 Å². The molecule has 0 unspecified atom stereocenters. The van der Waals surface area contributed by atoms with Gasteiger partial charge in [0.1, 0.15) is 0 Å². The molecule has 0 atom stereocenters. The smallest absolute Gasteiger partial charge is 0.151 e. The van der Waals surface area contributed by atoms with Crippen molar-refractivity contribution in [3.63, 3.8) is 0 Å². The first-order valence-electron chi connectivity index (χ1n) is 6.37. The predicted octanol–water partition coefficient (Wildman–Crippen LogP) is 2.21. The normalized spacial score (nSPS) is 11.2. The van der Waals surface area contributed by atoms with Crippen molar-refractivity contribution in [3.8, 4) is 0 Å². The number of hydrogen-bond acceptors (Lipinski definition) is 4. The van der Waals surface area contributed by atoms with E-state index in [-0.39, 0.29) is 0 Å². The molecule has 0 bridgehead atoms. The Labute approximate surface area is 104 Å². The number of hydrogen-bond donors (Lipinski definition) is 1. The molecule has 0 spiro atoms. The van der Waals surface area contributed by atoms with Crippen LogP contribution in [0.1, 0.15) is 40.3 Å². The van der Waals surface area contributed by atoms with Gasteiger partial charge in [-0.25, -0.2) is 0 Å². The van der Waals surface area contributed by atoms with Crippen LogP contribution in [0.5, 0.6) is 0 Å². The summed E-state index contributed by atoms with van der Waals surface area (Å²) in [4.78, 5) is 2.23. The molecule has 0 fully saturated rings. The molecule has 4 nitrogen and oxygen atoms in total. The van der Waals surface area contributed by atoms with Gasteiger partial charge in [-0.2, -0.15) is 5.10 Å². The summed E-state index contributed by atoms with van der Waals surface area (Å²) in [6, 6.07) is 5.02. The van der Waals surface area contributed by atoms with Crippen molar-refractivity contribution in [1.82, 2.24) is 15.5 Å². The minimum atomic E-state index is 0.453. The molecule has 1 aromatic heterocycles. The molecule has 0 radical (unpaired) electrons. The summed E-state index contributed by atoms with van der Waals surface area (Å²) >= 11 is 0. The zero-order valence-corrected chi connectivity index (χ0v) is 11.6. The summed E-state index contributed by atoms with van der Waals surface area (Å²) in [5.41, 5.74) is 0.988. The average molecular weight is 236 g/mol. The highest BCUT2D eigenvalue weighted by Crippen LogP contribution is 2.12. The van der Waals surface area contributed by atoms with Crippen LogP contribution in [0.3, 0.4) is 0 Å². The van der Waals surface area contributed by atoms with E-state index >= 15 is 0 Å². The van der Waals surface area contributed by atoms with Gasteiger partial charge in [0, 0.05) is 25.2 Å². The molecular formula is C13H24N4. The Morgan fingerprint density at radius 2 is 1.88 bits per heavy atom. The highest BCUT2D eigenvalue weighted by atomic mass is 15.3. The number of nitrogens with zero attached hydrogens (tertiary/aromatic N) is 3. The molecule has 0 aliphatic heterocycles. The number of rotatable bonds is 6. The van der Waals surface area contributed by atoms with Gasteiger partial charge in [-0.15, -0.1) is 5.10 Å². The van der Waals surface area contributed by atoms with Gasteiger partial charge < -0.3 is 10.2 Å². The molecule has 0 aliphatic carbocycles. The first-order chi connectivity index (χ1) is 8.04. The third-order valence-corrected chi connectivity index (χ3v) is 2.66. The standard InChI is InChI=1S/C13H24N4/c1-6-17(11(4)5)13-8-7-12(15-16-13)9-14-10(2)3/h7-8,10-11,14H,6,9H2,1-5H3. The molecule has 0 saturated heterocycles. The maximum Gasteiger partial charge on any atom is 0.151 e. The number of nitrogens with one attached hydrogen (secondary N) is 1. The molecule has 4 heteroatoms. The minimum absolute atomic E-state index is 0.453. The monoisotopic (exact) mass is 236 g/mol. The highest BCUT2D eigenvalue weighted by molar-refractivity contribution is 5.38. The second kappa shape index (κ2) is 6.55. The molecule has 0 aliphatic rings. The van der Waals surface area contributed by atoms with E-state index in [4.69, 9.17) is 0 Å².